The number of benzene rings is 1. The zero-order valence-electron chi connectivity index (χ0n) is 10.3. The van der Waals surface area contributed by atoms with Gasteiger partial charge >= 0.3 is 6.18 Å². The van der Waals surface area contributed by atoms with E-state index in [1.165, 1.54) is 12.1 Å². The molecule has 0 spiro atoms. The Morgan fingerprint density at radius 3 is 2.58 bits per heavy atom. The van der Waals surface area contributed by atoms with Gasteiger partial charge in [0, 0.05) is 10.8 Å². The van der Waals surface area contributed by atoms with Crippen molar-refractivity contribution in [1.82, 2.24) is 0 Å². The summed E-state index contributed by atoms with van der Waals surface area (Å²) in [4.78, 5) is 0. The standard InChI is InChI=1S/C14H15F3O2/c15-14(16,17)11-3-1-2-10(4-11)13-5-12(6-13,7-18)8-19-9-13/h1-4,18H,5-9H2. The van der Waals surface area contributed by atoms with Gasteiger partial charge in [-0.3, -0.25) is 0 Å². The number of fused-ring (bicyclic) bond motifs is 2. The molecule has 2 saturated heterocycles. The van der Waals surface area contributed by atoms with Gasteiger partial charge in [-0.2, -0.15) is 13.2 Å². The minimum atomic E-state index is -4.32. The molecule has 0 aromatic heterocycles. The van der Waals surface area contributed by atoms with Crippen LogP contribution in [-0.4, -0.2) is 24.9 Å². The van der Waals surface area contributed by atoms with E-state index < -0.39 is 11.7 Å². The Labute approximate surface area is 109 Å². The molecule has 2 bridgehead atoms. The molecular formula is C14H15F3O2. The molecule has 2 nitrogen and oxygen atoms in total. The number of hydrogen-bond acceptors (Lipinski definition) is 2. The van der Waals surface area contributed by atoms with Crippen LogP contribution in [0.4, 0.5) is 13.2 Å². The maximum absolute atomic E-state index is 12.7. The molecule has 104 valence electrons. The van der Waals surface area contributed by atoms with Crippen molar-refractivity contribution in [2.45, 2.75) is 24.4 Å². The number of rotatable bonds is 2. The van der Waals surface area contributed by atoms with Gasteiger partial charge in [-0.15, -0.1) is 0 Å². The predicted octanol–water partition coefficient (Wildman–Crippen LogP) is 2.75. The monoisotopic (exact) mass is 272 g/mol. The van der Waals surface area contributed by atoms with Crippen molar-refractivity contribution in [1.29, 1.82) is 0 Å². The van der Waals surface area contributed by atoms with Crippen molar-refractivity contribution in [3.63, 3.8) is 0 Å². The number of alkyl halides is 3. The highest BCUT2D eigenvalue weighted by atomic mass is 19.4. The molecule has 0 radical (unpaired) electrons. The molecule has 3 aliphatic rings. The van der Waals surface area contributed by atoms with Gasteiger partial charge < -0.3 is 9.84 Å². The second-order valence-corrected chi connectivity index (χ2v) is 5.86. The van der Waals surface area contributed by atoms with Gasteiger partial charge in [0.15, 0.2) is 0 Å². The van der Waals surface area contributed by atoms with Crippen LogP contribution in [0.3, 0.4) is 0 Å². The van der Waals surface area contributed by atoms with Crippen LogP contribution in [0.5, 0.6) is 0 Å². The zero-order valence-corrected chi connectivity index (χ0v) is 10.3. The Hall–Kier alpha value is -1.07. The maximum atomic E-state index is 12.7. The van der Waals surface area contributed by atoms with E-state index in [1.807, 2.05) is 0 Å². The normalized spacial score (nSPS) is 33.9. The van der Waals surface area contributed by atoms with E-state index in [-0.39, 0.29) is 17.4 Å². The first-order valence-electron chi connectivity index (χ1n) is 6.26. The summed E-state index contributed by atoms with van der Waals surface area (Å²) >= 11 is 0. The van der Waals surface area contributed by atoms with Gasteiger partial charge in [0.2, 0.25) is 0 Å². The minimum Gasteiger partial charge on any atom is -0.396 e. The molecule has 2 heterocycles. The fraction of sp³-hybridized carbons (Fsp3) is 0.571. The number of aliphatic hydroxyl groups excluding tert-OH is 1. The third-order valence-electron chi connectivity index (χ3n) is 4.35. The highest BCUT2D eigenvalue weighted by Gasteiger charge is 2.58. The van der Waals surface area contributed by atoms with E-state index in [0.29, 0.717) is 31.6 Å². The molecule has 19 heavy (non-hydrogen) atoms. The van der Waals surface area contributed by atoms with E-state index in [1.54, 1.807) is 6.07 Å². The number of halogens is 3. The van der Waals surface area contributed by atoms with Crippen LogP contribution < -0.4 is 0 Å². The second kappa shape index (κ2) is 3.96. The van der Waals surface area contributed by atoms with Crippen LogP contribution in [0.25, 0.3) is 0 Å². The lowest BCUT2D eigenvalue weighted by Gasteiger charge is -2.60. The van der Waals surface area contributed by atoms with Crippen LogP contribution in [0.15, 0.2) is 24.3 Å². The average molecular weight is 272 g/mol. The number of aliphatic hydroxyl groups is 1. The zero-order chi connectivity index (χ0) is 13.7. The van der Waals surface area contributed by atoms with E-state index in [9.17, 15) is 18.3 Å². The van der Waals surface area contributed by atoms with Crippen LogP contribution in [0.2, 0.25) is 0 Å². The third kappa shape index (κ3) is 1.96. The van der Waals surface area contributed by atoms with Gasteiger partial charge in [-0.05, 0) is 24.5 Å². The Morgan fingerprint density at radius 2 is 1.95 bits per heavy atom. The summed E-state index contributed by atoms with van der Waals surface area (Å²) in [5.74, 6) is 0. The Kier molecular flexibility index (Phi) is 2.70. The summed E-state index contributed by atoms with van der Waals surface area (Å²) in [5, 5.41) is 9.37. The summed E-state index contributed by atoms with van der Waals surface area (Å²) in [7, 11) is 0. The van der Waals surface area contributed by atoms with Gasteiger partial charge in [0.25, 0.3) is 0 Å². The average Bonchev–Trinajstić information content (AvgIpc) is 2.37. The van der Waals surface area contributed by atoms with E-state index in [0.717, 1.165) is 6.07 Å². The van der Waals surface area contributed by atoms with Gasteiger partial charge in [0.1, 0.15) is 0 Å². The Balaban J connectivity index is 1.92. The lowest BCUT2D eigenvalue weighted by molar-refractivity contribution is -0.170. The highest BCUT2D eigenvalue weighted by Crippen LogP contribution is 2.59. The molecule has 1 aliphatic carbocycles. The molecule has 0 amide bonds. The molecule has 1 aromatic rings. The first-order valence-corrected chi connectivity index (χ1v) is 6.26. The minimum absolute atomic E-state index is 0.0354. The second-order valence-electron chi connectivity index (χ2n) is 5.86. The summed E-state index contributed by atoms with van der Waals surface area (Å²) < 4.78 is 43.7. The van der Waals surface area contributed by atoms with Crippen LogP contribution >= 0.6 is 0 Å². The summed E-state index contributed by atoms with van der Waals surface area (Å²) in [6, 6.07) is 5.48. The van der Waals surface area contributed by atoms with Gasteiger partial charge in [0.05, 0.1) is 25.4 Å². The lowest BCUT2D eigenvalue weighted by atomic mass is 9.49. The van der Waals surface area contributed by atoms with Crippen molar-refractivity contribution in [3.8, 4) is 0 Å². The molecule has 1 saturated carbocycles. The fourth-order valence-electron chi connectivity index (χ4n) is 3.52. The van der Waals surface area contributed by atoms with Crippen molar-refractivity contribution in [2.24, 2.45) is 5.41 Å². The smallest absolute Gasteiger partial charge is 0.396 e. The molecule has 0 atom stereocenters. The van der Waals surface area contributed by atoms with Crippen molar-refractivity contribution in [3.05, 3.63) is 35.4 Å². The lowest BCUT2D eigenvalue weighted by Crippen LogP contribution is -2.60. The predicted molar refractivity (Wildman–Crippen MR) is 62.7 cm³/mol. The molecule has 2 aliphatic heterocycles. The number of ether oxygens (including phenoxy) is 1. The summed E-state index contributed by atoms with van der Waals surface area (Å²) in [6.07, 6.45) is -2.91. The largest absolute Gasteiger partial charge is 0.416 e. The van der Waals surface area contributed by atoms with E-state index in [4.69, 9.17) is 4.74 Å². The third-order valence-corrected chi connectivity index (χ3v) is 4.35. The molecular weight excluding hydrogens is 257 g/mol. The Bertz CT molecular complexity index is 490. The highest BCUT2D eigenvalue weighted by molar-refractivity contribution is 5.36. The molecule has 1 aromatic carbocycles. The fourth-order valence-corrected chi connectivity index (χ4v) is 3.52. The quantitative estimate of drug-likeness (QED) is 0.897. The summed E-state index contributed by atoms with van der Waals surface area (Å²) in [6.45, 7) is 0.980. The number of hydrogen-bond donors (Lipinski definition) is 1. The van der Waals surface area contributed by atoms with Crippen LogP contribution in [-0.2, 0) is 16.3 Å². The molecule has 1 N–H and O–H groups in total. The molecule has 4 rings (SSSR count). The van der Waals surface area contributed by atoms with E-state index >= 15 is 0 Å². The van der Waals surface area contributed by atoms with Crippen LogP contribution in [0.1, 0.15) is 24.0 Å². The van der Waals surface area contributed by atoms with Crippen LogP contribution in [0, 0.1) is 5.41 Å². The van der Waals surface area contributed by atoms with Crippen molar-refractivity contribution >= 4 is 0 Å². The van der Waals surface area contributed by atoms with Gasteiger partial charge in [-0.25, -0.2) is 0 Å². The van der Waals surface area contributed by atoms with Crippen molar-refractivity contribution in [2.75, 3.05) is 19.8 Å². The van der Waals surface area contributed by atoms with E-state index in [2.05, 4.69) is 0 Å². The topological polar surface area (TPSA) is 29.5 Å². The van der Waals surface area contributed by atoms with Gasteiger partial charge in [-0.1, -0.05) is 18.2 Å². The first kappa shape index (κ1) is 12.9. The summed E-state index contributed by atoms with van der Waals surface area (Å²) in [5.41, 5.74) is -0.535. The maximum Gasteiger partial charge on any atom is 0.416 e. The Morgan fingerprint density at radius 1 is 1.21 bits per heavy atom. The molecule has 5 heteroatoms. The van der Waals surface area contributed by atoms with Crippen molar-refractivity contribution < 1.29 is 23.0 Å². The molecule has 3 fully saturated rings. The SMILES string of the molecule is OCC12COCC(c3cccc(C(F)(F)F)c3)(C1)C2. The first-order chi connectivity index (χ1) is 8.89. The molecule has 0 unspecified atom stereocenters.